The highest BCUT2D eigenvalue weighted by atomic mass is 16.9. The first-order valence-corrected chi connectivity index (χ1v) is 5.70. The number of carbonyl (C=O) groups is 3. The Labute approximate surface area is 112 Å². The zero-order chi connectivity index (χ0) is 15.0. The predicted octanol–water partition coefficient (Wildman–Crippen LogP) is -2.90. The van der Waals surface area contributed by atoms with Crippen molar-refractivity contribution in [2.24, 2.45) is 5.73 Å². The second kappa shape index (κ2) is 4.98. The Hall–Kier alpha value is -1.75. The van der Waals surface area contributed by atoms with Crippen LogP contribution in [-0.4, -0.2) is 59.1 Å². The molecule has 0 radical (unpaired) electrons. The Morgan fingerprint density at radius 2 is 1.85 bits per heavy atom. The van der Waals surface area contributed by atoms with Gasteiger partial charge in [-0.25, -0.2) is 4.79 Å². The van der Waals surface area contributed by atoms with Gasteiger partial charge in [0.25, 0.3) is 0 Å². The topological polar surface area (TPSA) is 155 Å². The molecule has 0 aliphatic carbocycles. The summed E-state index contributed by atoms with van der Waals surface area (Å²) in [5, 5.41) is 20.0. The third-order valence-corrected chi connectivity index (χ3v) is 2.68. The number of hydrogen-bond donors (Lipinski definition) is 3. The van der Waals surface area contributed by atoms with Crippen LogP contribution in [0.1, 0.15) is 12.8 Å². The Balaban J connectivity index is 2.38. The standard InChI is InChI=1S/C10H13NO9/c11-1-2-17-8-10(16)19-6(13)4-9(15,7(14)20-10)3-5(12)18-8/h8,15-16H,1-4,11H2. The second-order valence-electron chi connectivity index (χ2n) is 4.36. The first-order valence-electron chi connectivity index (χ1n) is 5.70. The average molecular weight is 291 g/mol. The number of nitrogens with two attached hydrogens (primary N) is 1. The first kappa shape index (κ1) is 14.7. The van der Waals surface area contributed by atoms with Gasteiger partial charge >= 0.3 is 30.2 Å². The maximum absolute atomic E-state index is 11.7. The number of aliphatic hydroxyl groups is 2. The van der Waals surface area contributed by atoms with E-state index in [2.05, 4.69) is 9.47 Å². The molecule has 0 aromatic heterocycles. The monoisotopic (exact) mass is 291 g/mol. The van der Waals surface area contributed by atoms with Crippen molar-refractivity contribution in [3.8, 4) is 0 Å². The molecule has 0 saturated carbocycles. The van der Waals surface area contributed by atoms with Crippen LogP contribution < -0.4 is 5.73 Å². The molecule has 10 nitrogen and oxygen atoms in total. The summed E-state index contributed by atoms with van der Waals surface area (Å²) in [7, 11) is 0. The number of fused-ring (bicyclic) bond motifs is 3. The van der Waals surface area contributed by atoms with Gasteiger partial charge in [-0.1, -0.05) is 0 Å². The van der Waals surface area contributed by atoms with Gasteiger partial charge in [-0.15, -0.1) is 0 Å². The molecule has 0 amide bonds. The lowest BCUT2D eigenvalue weighted by atomic mass is 9.96. The molecule has 2 fully saturated rings. The number of carbonyl (C=O) groups excluding carboxylic acids is 3. The molecule has 2 saturated heterocycles. The lowest BCUT2D eigenvalue weighted by Gasteiger charge is -2.33. The van der Waals surface area contributed by atoms with E-state index in [1.54, 1.807) is 0 Å². The van der Waals surface area contributed by atoms with Gasteiger partial charge in [-0.2, -0.15) is 0 Å². The van der Waals surface area contributed by atoms with Crippen molar-refractivity contribution < 1.29 is 43.5 Å². The van der Waals surface area contributed by atoms with Crippen molar-refractivity contribution in [1.82, 2.24) is 0 Å². The SMILES string of the molecule is NCCOC1OC(=O)CC2(O)CC(=O)OC1(O)OC2=O. The molecule has 2 aliphatic heterocycles. The largest absolute Gasteiger partial charge is 0.440 e. The first-order chi connectivity index (χ1) is 9.29. The van der Waals surface area contributed by atoms with E-state index in [1.807, 2.05) is 0 Å². The molecule has 10 heteroatoms. The molecule has 2 rings (SSSR count). The quantitative estimate of drug-likeness (QED) is 0.461. The van der Waals surface area contributed by atoms with Gasteiger partial charge in [0.15, 0.2) is 5.60 Å². The van der Waals surface area contributed by atoms with Crippen LogP contribution in [0.5, 0.6) is 0 Å². The zero-order valence-corrected chi connectivity index (χ0v) is 10.2. The van der Waals surface area contributed by atoms with Crippen molar-refractivity contribution >= 4 is 17.9 Å². The molecule has 112 valence electrons. The molecule has 3 atom stereocenters. The molecule has 4 N–H and O–H groups in total. The van der Waals surface area contributed by atoms with Crippen LogP contribution in [-0.2, 0) is 33.3 Å². The maximum Gasteiger partial charge on any atom is 0.440 e. The molecular weight excluding hydrogens is 278 g/mol. The molecule has 2 heterocycles. The van der Waals surface area contributed by atoms with Crippen molar-refractivity contribution in [2.45, 2.75) is 30.7 Å². The van der Waals surface area contributed by atoms with E-state index < -0.39 is 48.6 Å². The van der Waals surface area contributed by atoms with Gasteiger partial charge in [0, 0.05) is 6.54 Å². The van der Waals surface area contributed by atoms with Gasteiger partial charge in [0.2, 0.25) is 0 Å². The summed E-state index contributed by atoms with van der Waals surface area (Å²) in [6.45, 7) is -0.157. The van der Waals surface area contributed by atoms with E-state index in [4.69, 9.17) is 15.2 Å². The van der Waals surface area contributed by atoms with Crippen LogP contribution in [0.25, 0.3) is 0 Å². The number of ether oxygens (including phenoxy) is 4. The number of cyclic esters (lactones) is 1. The molecule has 0 aromatic carbocycles. The summed E-state index contributed by atoms with van der Waals surface area (Å²) in [6, 6.07) is 0. The van der Waals surface area contributed by atoms with Crippen molar-refractivity contribution in [3.05, 3.63) is 0 Å². The van der Waals surface area contributed by atoms with Crippen LogP contribution in [0.3, 0.4) is 0 Å². The highest BCUT2D eigenvalue weighted by molar-refractivity contribution is 5.91. The molecule has 2 aliphatic rings. The number of esters is 3. The lowest BCUT2D eigenvalue weighted by molar-refractivity contribution is -0.405. The third kappa shape index (κ3) is 2.58. The Morgan fingerprint density at radius 3 is 2.50 bits per heavy atom. The summed E-state index contributed by atoms with van der Waals surface area (Å²) >= 11 is 0. The zero-order valence-electron chi connectivity index (χ0n) is 10.2. The van der Waals surface area contributed by atoms with Crippen molar-refractivity contribution in [3.63, 3.8) is 0 Å². The van der Waals surface area contributed by atoms with Gasteiger partial charge in [-0.3, -0.25) is 9.59 Å². The fourth-order valence-corrected chi connectivity index (χ4v) is 1.78. The van der Waals surface area contributed by atoms with Crippen LogP contribution in [0.15, 0.2) is 0 Å². The average Bonchev–Trinajstić information content (AvgIpc) is 2.37. The minimum absolute atomic E-state index is 0.00988. The van der Waals surface area contributed by atoms with Crippen LogP contribution in [0, 0.1) is 0 Å². The van der Waals surface area contributed by atoms with Crippen molar-refractivity contribution in [1.29, 1.82) is 0 Å². The summed E-state index contributed by atoms with van der Waals surface area (Å²) in [6.07, 6.45) is -3.58. The van der Waals surface area contributed by atoms with E-state index in [0.717, 1.165) is 0 Å². The highest BCUT2D eigenvalue weighted by Crippen LogP contribution is 2.33. The minimum atomic E-state index is -2.97. The van der Waals surface area contributed by atoms with E-state index >= 15 is 0 Å². The van der Waals surface area contributed by atoms with Gasteiger partial charge in [0.1, 0.15) is 0 Å². The highest BCUT2D eigenvalue weighted by Gasteiger charge is 2.60. The summed E-state index contributed by atoms with van der Waals surface area (Å²) in [5.41, 5.74) is 2.75. The predicted molar refractivity (Wildman–Crippen MR) is 56.2 cm³/mol. The second-order valence-corrected chi connectivity index (χ2v) is 4.36. The smallest absolute Gasteiger partial charge is 0.424 e. The van der Waals surface area contributed by atoms with Crippen molar-refractivity contribution in [2.75, 3.05) is 13.2 Å². The van der Waals surface area contributed by atoms with Gasteiger partial charge in [0.05, 0.1) is 19.4 Å². The Morgan fingerprint density at radius 1 is 1.20 bits per heavy atom. The Bertz CT molecular complexity index is 452. The van der Waals surface area contributed by atoms with Crippen LogP contribution in [0.2, 0.25) is 0 Å². The lowest BCUT2D eigenvalue weighted by Crippen LogP contribution is -2.56. The molecule has 3 unspecified atom stereocenters. The molecular formula is C10H13NO9. The Kier molecular flexibility index (Phi) is 3.65. The fourth-order valence-electron chi connectivity index (χ4n) is 1.78. The summed E-state index contributed by atoms with van der Waals surface area (Å²) in [5.74, 6) is -6.57. The van der Waals surface area contributed by atoms with Crippen LogP contribution in [0.4, 0.5) is 0 Å². The molecule has 20 heavy (non-hydrogen) atoms. The third-order valence-electron chi connectivity index (χ3n) is 2.68. The number of hydrogen-bond acceptors (Lipinski definition) is 10. The van der Waals surface area contributed by atoms with E-state index in [9.17, 15) is 24.6 Å². The molecule has 0 spiro atoms. The van der Waals surface area contributed by atoms with E-state index in [-0.39, 0.29) is 13.2 Å². The molecule has 2 bridgehead atoms. The molecule has 0 aromatic rings. The summed E-state index contributed by atoms with van der Waals surface area (Å²) in [4.78, 5) is 34.8. The van der Waals surface area contributed by atoms with Gasteiger partial charge in [-0.05, 0) is 0 Å². The minimum Gasteiger partial charge on any atom is -0.424 e. The fraction of sp³-hybridized carbons (Fsp3) is 0.700. The maximum atomic E-state index is 11.7. The summed E-state index contributed by atoms with van der Waals surface area (Å²) < 4.78 is 18.6. The van der Waals surface area contributed by atoms with Gasteiger partial charge < -0.3 is 34.9 Å². The van der Waals surface area contributed by atoms with Crippen LogP contribution >= 0.6 is 0 Å². The number of rotatable bonds is 3. The normalized spacial score (nSPS) is 37.4. The van der Waals surface area contributed by atoms with E-state index in [1.165, 1.54) is 0 Å². The van der Waals surface area contributed by atoms with E-state index in [0.29, 0.717) is 0 Å².